The van der Waals surface area contributed by atoms with Gasteiger partial charge in [-0.25, -0.2) is 9.59 Å². The predicted octanol–water partition coefficient (Wildman–Crippen LogP) is 0.472. The standard InChI is InChI=1S/C12H14N2O6.C2H6/c1-7-6-14(11(17)13-9(7)15)8-4-5-12(19-3,20-8)10(16)18-2;1-2/h4-6,8H,1-3H3,(H,13,15,17);1-2H3. The first-order chi connectivity index (χ1) is 10.4. The maximum Gasteiger partial charge on any atom is 0.371 e. The Morgan fingerprint density at radius 2 is 2.00 bits per heavy atom. The Bertz CT molecular complexity index is 675. The Morgan fingerprint density at radius 3 is 2.55 bits per heavy atom. The molecule has 0 bridgehead atoms. The molecule has 22 heavy (non-hydrogen) atoms. The van der Waals surface area contributed by atoms with Crippen LogP contribution >= 0.6 is 0 Å². The van der Waals surface area contributed by atoms with E-state index < -0.39 is 29.2 Å². The molecule has 0 fully saturated rings. The maximum atomic E-state index is 11.8. The van der Waals surface area contributed by atoms with E-state index in [2.05, 4.69) is 9.72 Å². The van der Waals surface area contributed by atoms with Gasteiger partial charge in [0.2, 0.25) is 0 Å². The van der Waals surface area contributed by atoms with E-state index in [-0.39, 0.29) is 0 Å². The van der Waals surface area contributed by atoms with Crippen LogP contribution in [0.5, 0.6) is 0 Å². The van der Waals surface area contributed by atoms with Gasteiger partial charge in [-0.05, 0) is 19.1 Å². The average molecular weight is 312 g/mol. The lowest BCUT2D eigenvalue weighted by Crippen LogP contribution is -2.42. The normalized spacial score (nSPS) is 22.9. The first-order valence-corrected chi connectivity index (χ1v) is 6.76. The van der Waals surface area contributed by atoms with Crippen LogP contribution in [0.1, 0.15) is 25.6 Å². The zero-order valence-corrected chi connectivity index (χ0v) is 13.2. The summed E-state index contributed by atoms with van der Waals surface area (Å²) >= 11 is 0. The average Bonchev–Trinajstić information content (AvgIpc) is 2.97. The zero-order chi connectivity index (χ0) is 16.9. The number of nitrogens with zero attached hydrogens (tertiary/aromatic N) is 1. The van der Waals surface area contributed by atoms with Gasteiger partial charge in [-0.2, -0.15) is 0 Å². The number of aryl methyl sites for hydroxylation is 1. The SMILES string of the molecule is CC.COC(=O)C1(OC)C=CC(n2cc(C)c(=O)[nH]c2=O)O1. The van der Waals surface area contributed by atoms with Crippen LogP contribution in [0.15, 0.2) is 27.9 Å². The third-order valence-electron chi connectivity index (χ3n) is 2.97. The Hall–Kier alpha value is -2.19. The van der Waals surface area contributed by atoms with Crippen molar-refractivity contribution in [1.82, 2.24) is 9.55 Å². The van der Waals surface area contributed by atoms with Crippen LogP contribution in [0.4, 0.5) is 0 Å². The zero-order valence-electron chi connectivity index (χ0n) is 13.2. The van der Waals surface area contributed by atoms with Crippen molar-refractivity contribution in [1.29, 1.82) is 0 Å². The van der Waals surface area contributed by atoms with E-state index in [1.54, 1.807) is 6.92 Å². The summed E-state index contributed by atoms with van der Waals surface area (Å²) < 4.78 is 16.2. The molecule has 0 spiro atoms. The number of carbonyl (C=O) groups is 1. The van der Waals surface area contributed by atoms with Gasteiger partial charge in [-0.15, -0.1) is 0 Å². The number of nitrogens with one attached hydrogen (secondary N) is 1. The molecule has 2 unspecified atom stereocenters. The second kappa shape index (κ2) is 7.19. The third-order valence-corrected chi connectivity index (χ3v) is 2.97. The molecule has 8 heteroatoms. The summed E-state index contributed by atoms with van der Waals surface area (Å²) in [6.07, 6.45) is 3.30. The second-order valence-electron chi connectivity index (χ2n) is 4.21. The summed E-state index contributed by atoms with van der Waals surface area (Å²) in [5, 5.41) is 0. The fourth-order valence-corrected chi connectivity index (χ4v) is 1.85. The van der Waals surface area contributed by atoms with Crippen molar-refractivity contribution >= 4 is 5.97 Å². The number of carbonyl (C=O) groups excluding carboxylic acids is 1. The van der Waals surface area contributed by atoms with Crippen molar-refractivity contribution in [2.45, 2.75) is 32.8 Å². The van der Waals surface area contributed by atoms with Gasteiger partial charge >= 0.3 is 11.7 Å². The fraction of sp³-hybridized carbons (Fsp3) is 0.500. The minimum atomic E-state index is -1.69. The van der Waals surface area contributed by atoms with Crippen LogP contribution in [0.2, 0.25) is 0 Å². The molecule has 0 saturated heterocycles. The summed E-state index contributed by atoms with van der Waals surface area (Å²) in [6.45, 7) is 5.55. The molecule has 8 nitrogen and oxygen atoms in total. The van der Waals surface area contributed by atoms with Gasteiger partial charge in [0.1, 0.15) is 0 Å². The number of H-pyrrole nitrogens is 1. The van der Waals surface area contributed by atoms with Gasteiger partial charge < -0.3 is 14.2 Å². The molecule has 0 aromatic carbocycles. The number of hydrogen-bond acceptors (Lipinski definition) is 6. The molecule has 1 aromatic heterocycles. The molecular weight excluding hydrogens is 292 g/mol. The highest BCUT2D eigenvalue weighted by Gasteiger charge is 2.45. The third kappa shape index (κ3) is 3.18. The molecule has 1 aliphatic heterocycles. The lowest BCUT2D eigenvalue weighted by atomic mass is 10.3. The van der Waals surface area contributed by atoms with Gasteiger partial charge in [0.05, 0.1) is 7.11 Å². The van der Waals surface area contributed by atoms with E-state index in [4.69, 9.17) is 9.47 Å². The van der Waals surface area contributed by atoms with Crippen molar-refractivity contribution in [3.8, 4) is 0 Å². The lowest BCUT2D eigenvalue weighted by molar-refractivity contribution is -0.227. The number of esters is 1. The van der Waals surface area contributed by atoms with Crippen molar-refractivity contribution in [2.24, 2.45) is 0 Å². The lowest BCUT2D eigenvalue weighted by Gasteiger charge is -2.24. The van der Waals surface area contributed by atoms with Crippen LogP contribution in [0.25, 0.3) is 0 Å². The molecule has 2 rings (SSSR count). The number of aromatic nitrogens is 2. The Kier molecular flexibility index (Phi) is 5.84. The van der Waals surface area contributed by atoms with Gasteiger partial charge in [0.15, 0.2) is 6.23 Å². The molecule has 0 aliphatic carbocycles. The van der Waals surface area contributed by atoms with Crippen molar-refractivity contribution in [3.05, 3.63) is 44.8 Å². The van der Waals surface area contributed by atoms with E-state index >= 15 is 0 Å². The topological polar surface area (TPSA) is 99.6 Å². The molecule has 0 radical (unpaired) electrons. The molecule has 2 heterocycles. The van der Waals surface area contributed by atoms with E-state index in [0.717, 1.165) is 4.57 Å². The van der Waals surface area contributed by atoms with E-state index in [1.807, 2.05) is 13.8 Å². The second-order valence-corrected chi connectivity index (χ2v) is 4.21. The highest BCUT2D eigenvalue weighted by molar-refractivity contribution is 5.80. The molecule has 0 saturated carbocycles. The Balaban J connectivity index is 0.00000116. The van der Waals surface area contributed by atoms with E-state index in [0.29, 0.717) is 5.56 Å². The predicted molar refractivity (Wildman–Crippen MR) is 78.4 cm³/mol. The van der Waals surface area contributed by atoms with Gasteiger partial charge in [0, 0.05) is 18.9 Å². The van der Waals surface area contributed by atoms with Crippen LogP contribution in [-0.4, -0.2) is 35.5 Å². The van der Waals surface area contributed by atoms with Crippen molar-refractivity contribution in [3.63, 3.8) is 0 Å². The smallest absolute Gasteiger partial charge is 0.371 e. The molecule has 0 amide bonds. The van der Waals surface area contributed by atoms with Crippen LogP contribution in [0, 0.1) is 6.92 Å². The summed E-state index contributed by atoms with van der Waals surface area (Å²) in [5.74, 6) is -2.43. The molecule has 1 aromatic rings. The molecule has 1 aliphatic rings. The number of aromatic amines is 1. The molecular formula is C14H20N2O6. The summed E-state index contributed by atoms with van der Waals surface area (Å²) in [4.78, 5) is 36.9. The highest BCUT2D eigenvalue weighted by Crippen LogP contribution is 2.30. The Labute approximate surface area is 127 Å². The minimum absolute atomic E-state index is 0.342. The number of ether oxygens (including phenoxy) is 3. The largest absolute Gasteiger partial charge is 0.465 e. The van der Waals surface area contributed by atoms with Gasteiger partial charge in [-0.1, -0.05) is 13.8 Å². The number of methoxy groups -OCH3 is 2. The van der Waals surface area contributed by atoms with Gasteiger partial charge in [-0.3, -0.25) is 14.3 Å². The van der Waals surface area contributed by atoms with Crippen LogP contribution in [0.3, 0.4) is 0 Å². The van der Waals surface area contributed by atoms with Crippen LogP contribution < -0.4 is 11.2 Å². The highest BCUT2D eigenvalue weighted by atomic mass is 16.7. The molecule has 1 N–H and O–H groups in total. The summed E-state index contributed by atoms with van der Waals surface area (Å²) in [5.41, 5.74) is -0.777. The number of rotatable bonds is 3. The number of hydrogen-bond donors (Lipinski definition) is 1. The molecule has 2 atom stereocenters. The minimum Gasteiger partial charge on any atom is -0.465 e. The molecule has 122 valence electrons. The summed E-state index contributed by atoms with van der Waals surface area (Å²) in [7, 11) is 2.48. The summed E-state index contributed by atoms with van der Waals surface area (Å²) in [6, 6.07) is 0. The first-order valence-electron chi connectivity index (χ1n) is 6.76. The van der Waals surface area contributed by atoms with E-state index in [1.165, 1.54) is 32.6 Å². The van der Waals surface area contributed by atoms with Crippen molar-refractivity contribution in [2.75, 3.05) is 14.2 Å². The van der Waals surface area contributed by atoms with E-state index in [9.17, 15) is 14.4 Å². The van der Waals surface area contributed by atoms with Crippen LogP contribution in [-0.2, 0) is 19.0 Å². The fourth-order valence-electron chi connectivity index (χ4n) is 1.85. The first kappa shape index (κ1) is 17.9. The van der Waals surface area contributed by atoms with Crippen molar-refractivity contribution < 1.29 is 19.0 Å². The monoisotopic (exact) mass is 312 g/mol. The van der Waals surface area contributed by atoms with Gasteiger partial charge in [0.25, 0.3) is 11.3 Å². The maximum absolute atomic E-state index is 11.8. The Morgan fingerprint density at radius 1 is 1.36 bits per heavy atom. The quantitative estimate of drug-likeness (QED) is 0.643.